The van der Waals surface area contributed by atoms with Gasteiger partial charge in [0.25, 0.3) is 0 Å². The van der Waals surface area contributed by atoms with Crippen LogP contribution >= 0.6 is 0 Å². The summed E-state index contributed by atoms with van der Waals surface area (Å²) in [4.78, 5) is 2.41. The van der Waals surface area contributed by atoms with Crippen molar-refractivity contribution >= 4 is 0 Å². The van der Waals surface area contributed by atoms with Gasteiger partial charge < -0.3 is 10.4 Å². The van der Waals surface area contributed by atoms with E-state index in [0.29, 0.717) is 12.1 Å². The number of aliphatic hydroxyl groups is 1. The van der Waals surface area contributed by atoms with Gasteiger partial charge in [-0.15, -0.1) is 0 Å². The van der Waals surface area contributed by atoms with Gasteiger partial charge in [-0.3, -0.25) is 4.90 Å². The Morgan fingerprint density at radius 2 is 1.86 bits per heavy atom. The lowest BCUT2D eigenvalue weighted by Gasteiger charge is -2.36. The minimum atomic E-state index is -0.165. The monoisotopic (exact) mass is 198 g/mol. The molecule has 0 aromatic rings. The van der Waals surface area contributed by atoms with E-state index in [1.807, 2.05) is 0 Å². The van der Waals surface area contributed by atoms with Crippen molar-refractivity contribution in [1.82, 2.24) is 10.2 Å². The molecule has 2 aliphatic rings. The maximum Gasteiger partial charge on any atom is 0.0831 e. The normalized spacial score (nSPS) is 35.4. The molecular formula is C11H22N2O. The minimum Gasteiger partial charge on any atom is -0.390 e. The van der Waals surface area contributed by atoms with Crippen LogP contribution in [0.15, 0.2) is 0 Å². The average Bonchev–Trinajstić information content (AvgIpc) is 2.65. The average molecular weight is 198 g/mol. The summed E-state index contributed by atoms with van der Waals surface area (Å²) in [6.07, 6.45) is 6.60. The second-order valence-corrected chi connectivity index (χ2v) is 4.75. The van der Waals surface area contributed by atoms with Crippen LogP contribution in [0.4, 0.5) is 0 Å². The number of β-amino-alcohol motifs (C(OH)–C–C–N with tert-alkyl or cyclic N) is 1. The topological polar surface area (TPSA) is 35.5 Å². The van der Waals surface area contributed by atoms with Crippen molar-refractivity contribution in [3.63, 3.8) is 0 Å². The van der Waals surface area contributed by atoms with Crippen LogP contribution in [0.2, 0.25) is 0 Å². The molecule has 82 valence electrons. The van der Waals surface area contributed by atoms with E-state index in [9.17, 15) is 5.11 Å². The van der Waals surface area contributed by atoms with Gasteiger partial charge in [0.15, 0.2) is 0 Å². The molecule has 1 saturated carbocycles. The molecule has 2 unspecified atom stereocenters. The predicted molar refractivity (Wildman–Crippen MR) is 57.3 cm³/mol. The highest BCUT2D eigenvalue weighted by atomic mass is 16.3. The molecule has 3 nitrogen and oxygen atoms in total. The van der Waals surface area contributed by atoms with Crippen molar-refractivity contribution in [2.45, 2.75) is 50.3 Å². The molecule has 0 aromatic carbocycles. The molecule has 1 aliphatic carbocycles. The minimum absolute atomic E-state index is 0.165. The van der Waals surface area contributed by atoms with Gasteiger partial charge in [-0.1, -0.05) is 19.3 Å². The second kappa shape index (κ2) is 4.60. The fraction of sp³-hybridized carbons (Fsp3) is 1.00. The van der Waals surface area contributed by atoms with Gasteiger partial charge >= 0.3 is 0 Å². The van der Waals surface area contributed by atoms with Crippen molar-refractivity contribution in [2.24, 2.45) is 0 Å². The summed E-state index contributed by atoms with van der Waals surface area (Å²) in [5.41, 5.74) is 0. The van der Waals surface area contributed by atoms with Gasteiger partial charge in [0.1, 0.15) is 0 Å². The van der Waals surface area contributed by atoms with Gasteiger partial charge in [-0.05, 0) is 19.9 Å². The molecule has 14 heavy (non-hydrogen) atoms. The highest BCUT2D eigenvalue weighted by molar-refractivity contribution is 4.90. The van der Waals surface area contributed by atoms with Gasteiger partial charge in [-0.25, -0.2) is 0 Å². The van der Waals surface area contributed by atoms with E-state index < -0.39 is 0 Å². The summed E-state index contributed by atoms with van der Waals surface area (Å²) in [6, 6.07) is 1.06. The zero-order valence-corrected chi connectivity index (χ0v) is 9.08. The van der Waals surface area contributed by atoms with Crippen molar-refractivity contribution in [3.8, 4) is 0 Å². The summed E-state index contributed by atoms with van der Waals surface area (Å²) in [6.45, 7) is 1.72. The van der Waals surface area contributed by atoms with E-state index in [1.165, 1.54) is 32.1 Å². The number of aliphatic hydroxyl groups excluding tert-OH is 1. The molecule has 0 aromatic heterocycles. The highest BCUT2D eigenvalue weighted by Crippen LogP contribution is 2.24. The van der Waals surface area contributed by atoms with Crippen LogP contribution in [0.25, 0.3) is 0 Å². The molecule has 0 spiro atoms. The number of nitrogens with zero attached hydrogens (tertiary/aromatic N) is 1. The molecule has 2 fully saturated rings. The molecule has 0 amide bonds. The summed E-state index contributed by atoms with van der Waals surface area (Å²) in [5.74, 6) is 0. The van der Waals surface area contributed by atoms with Crippen LogP contribution < -0.4 is 5.32 Å². The van der Waals surface area contributed by atoms with Gasteiger partial charge in [-0.2, -0.15) is 0 Å². The Kier molecular flexibility index (Phi) is 3.42. The Morgan fingerprint density at radius 1 is 1.14 bits per heavy atom. The van der Waals surface area contributed by atoms with Gasteiger partial charge in [0, 0.05) is 25.2 Å². The Labute approximate surface area is 86.5 Å². The molecule has 1 heterocycles. The largest absolute Gasteiger partial charge is 0.390 e. The van der Waals surface area contributed by atoms with Crippen LogP contribution in [0.1, 0.15) is 32.1 Å². The number of hydrogen-bond donors (Lipinski definition) is 2. The SMILES string of the molecule is CN(C1CCCCC1)C1CNCC1O. The lowest BCUT2D eigenvalue weighted by Crippen LogP contribution is -2.47. The van der Waals surface area contributed by atoms with E-state index in [-0.39, 0.29) is 6.10 Å². The molecule has 2 N–H and O–H groups in total. The smallest absolute Gasteiger partial charge is 0.0831 e. The molecular weight excluding hydrogens is 176 g/mol. The van der Waals surface area contributed by atoms with E-state index >= 15 is 0 Å². The summed E-state index contributed by atoms with van der Waals surface area (Å²) in [7, 11) is 2.18. The molecule has 1 aliphatic heterocycles. The van der Waals surface area contributed by atoms with Crippen LogP contribution in [-0.4, -0.2) is 48.3 Å². The van der Waals surface area contributed by atoms with Crippen LogP contribution in [0.3, 0.4) is 0 Å². The maximum absolute atomic E-state index is 9.79. The van der Waals surface area contributed by atoms with Crippen molar-refractivity contribution < 1.29 is 5.11 Å². The lowest BCUT2D eigenvalue weighted by atomic mass is 9.93. The quantitative estimate of drug-likeness (QED) is 0.681. The van der Waals surface area contributed by atoms with Crippen LogP contribution in [0.5, 0.6) is 0 Å². The van der Waals surface area contributed by atoms with Gasteiger partial charge in [0.05, 0.1) is 6.10 Å². The van der Waals surface area contributed by atoms with E-state index in [4.69, 9.17) is 0 Å². The zero-order valence-electron chi connectivity index (χ0n) is 9.08. The Bertz CT molecular complexity index is 180. The molecule has 2 rings (SSSR count). The van der Waals surface area contributed by atoms with E-state index in [0.717, 1.165) is 13.1 Å². The van der Waals surface area contributed by atoms with Crippen LogP contribution in [-0.2, 0) is 0 Å². The summed E-state index contributed by atoms with van der Waals surface area (Å²) < 4.78 is 0. The summed E-state index contributed by atoms with van der Waals surface area (Å²) in [5, 5.41) is 13.0. The third-order valence-corrected chi connectivity index (χ3v) is 3.82. The van der Waals surface area contributed by atoms with Crippen molar-refractivity contribution in [3.05, 3.63) is 0 Å². The first kappa shape index (κ1) is 10.4. The third-order valence-electron chi connectivity index (χ3n) is 3.82. The maximum atomic E-state index is 9.79. The highest BCUT2D eigenvalue weighted by Gasteiger charge is 2.32. The van der Waals surface area contributed by atoms with E-state index in [2.05, 4.69) is 17.3 Å². The lowest BCUT2D eigenvalue weighted by molar-refractivity contribution is 0.0606. The van der Waals surface area contributed by atoms with Crippen LogP contribution in [0, 0.1) is 0 Å². The Hall–Kier alpha value is -0.120. The first-order chi connectivity index (χ1) is 6.79. The number of rotatable bonds is 2. The fourth-order valence-corrected chi connectivity index (χ4v) is 2.83. The first-order valence-electron chi connectivity index (χ1n) is 5.90. The molecule has 2 atom stereocenters. The number of nitrogens with one attached hydrogen (secondary N) is 1. The zero-order chi connectivity index (χ0) is 9.97. The third kappa shape index (κ3) is 2.10. The Balaban J connectivity index is 1.89. The molecule has 0 radical (unpaired) electrons. The van der Waals surface area contributed by atoms with E-state index in [1.54, 1.807) is 0 Å². The second-order valence-electron chi connectivity index (χ2n) is 4.75. The number of likely N-dealkylation sites (N-methyl/N-ethyl adjacent to an activating group) is 1. The van der Waals surface area contributed by atoms with Crippen molar-refractivity contribution in [2.75, 3.05) is 20.1 Å². The van der Waals surface area contributed by atoms with Gasteiger partial charge in [0.2, 0.25) is 0 Å². The first-order valence-corrected chi connectivity index (χ1v) is 5.90. The Morgan fingerprint density at radius 3 is 2.43 bits per heavy atom. The fourth-order valence-electron chi connectivity index (χ4n) is 2.83. The summed E-state index contributed by atoms with van der Waals surface area (Å²) >= 11 is 0. The predicted octanol–water partition coefficient (Wildman–Crippen LogP) is 0.584. The molecule has 1 saturated heterocycles. The standard InChI is InChI=1S/C11H22N2O/c1-13(9-5-3-2-4-6-9)10-7-12-8-11(10)14/h9-12,14H,2-8H2,1H3. The number of hydrogen-bond acceptors (Lipinski definition) is 3. The molecule has 3 heteroatoms. The van der Waals surface area contributed by atoms with Crippen molar-refractivity contribution in [1.29, 1.82) is 0 Å². The molecule has 0 bridgehead atoms.